The molecule has 1 aliphatic rings. The second-order valence-corrected chi connectivity index (χ2v) is 9.34. The number of anilines is 2. The van der Waals surface area contributed by atoms with Gasteiger partial charge in [0, 0.05) is 30.7 Å². The summed E-state index contributed by atoms with van der Waals surface area (Å²) in [5, 5.41) is 5.75. The number of nitrogens with zero attached hydrogens (tertiary/aromatic N) is 5. The summed E-state index contributed by atoms with van der Waals surface area (Å²) in [5.74, 6) is -3.55. The number of aromatic nitrogens is 4. The number of alkyl halides is 3. The lowest BCUT2D eigenvalue weighted by molar-refractivity contribution is -0.143. The fourth-order valence-corrected chi connectivity index (χ4v) is 4.55. The Kier molecular flexibility index (Phi) is 7.83. The van der Waals surface area contributed by atoms with Gasteiger partial charge < -0.3 is 15.8 Å². The van der Waals surface area contributed by atoms with E-state index in [4.69, 9.17) is 10.5 Å². The van der Waals surface area contributed by atoms with Crippen LogP contribution in [0.2, 0.25) is 0 Å². The molecule has 0 bridgehead atoms. The van der Waals surface area contributed by atoms with E-state index in [0.717, 1.165) is 50.7 Å². The van der Waals surface area contributed by atoms with Crippen LogP contribution in [0.3, 0.4) is 0 Å². The highest BCUT2D eigenvalue weighted by molar-refractivity contribution is 6.05. The molecule has 1 aromatic carbocycles. The normalized spacial score (nSPS) is 14.2. The molecule has 0 saturated carbocycles. The van der Waals surface area contributed by atoms with Gasteiger partial charge in [0.05, 0.1) is 17.3 Å². The van der Waals surface area contributed by atoms with Crippen LogP contribution in [0.15, 0.2) is 55.0 Å². The standard InChI is InChI=1S/C27H24F5N7O2/c28-19-5-4-9-35-25(19)39-23(27(30,31)32)17(14-36-39)26(40)37-16-6-7-22(20(29)13-16)41-21-8-10-34-24(33)18(21)15-38-11-2-1-3-12-38/h4-10,13-14H,1-3,11-12,15H2,(H2,33,34)(H,37,40). The maximum atomic E-state index is 15.0. The van der Waals surface area contributed by atoms with Crippen LogP contribution < -0.4 is 15.8 Å². The van der Waals surface area contributed by atoms with Crippen LogP contribution in [-0.4, -0.2) is 43.6 Å². The predicted octanol–water partition coefficient (Wildman–Crippen LogP) is 5.57. The van der Waals surface area contributed by atoms with Gasteiger partial charge in [0.2, 0.25) is 0 Å². The minimum absolute atomic E-state index is 0.146. The number of pyridine rings is 2. The van der Waals surface area contributed by atoms with Gasteiger partial charge in [0.1, 0.15) is 11.6 Å². The van der Waals surface area contributed by atoms with Crippen LogP contribution in [0.5, 0.6) is 11.5 Å². The van der Waals surface area contributed by atoms with Crippen molar-refractivity contribution in [3.8, 4) is 17.3 Å². The van der Waals surface area contributed by atoms with Crippen molar-refractivity contribution in [2.75, 3.05) is 24.1 Å². The summed E-state index contributed by atoms with van der Waals surface area (Å²) in [4.78, 5) is 22.7. The van der Waals surface area contributed by atoms with Gasteiger partial charge in [0.15, 0.2) is 28.9 Å². The number of amides is 1. The number of hydrogen-bond acceptors (Lipinski definition) is 7. The largest absolute Gasteiger partial charge is 0.454 e. The molecule has 1 fully saturated rings. The van der Waals surface area contributed by atoms with Gasteiger partial charge in [-0.25, -0.2) is 23.4 Å². The molecule has 0 radical (unpaired) electrons. The number of piperidine rings is 1. The summed E-state index contributed by atoms with van der Waals surface area (Å²) in [7, 11) is 0. The summed E-state index contributed by atoms with van der Waals surface area (Å²) in [6.45, 7) is 2.26. The third-order valence-electron chi connectivity index (χ3n) is 6.51. The number of nitrogens with two attached hydrogens (primary N) is 1. The number of carbonyl (C=O) groups excluding carboxylic acids is 1. The summed E-state index contributed by atoms with van der Waals surface area (Å²) < 4.78 is 76.9. The molecule has 3 aromatic heterocycles. The quantitative estimate of drug-likeness (QED) is 0.278. The van der Waals surface area contributed by atoms with Crippen LogP contribution >= 0.6 is 0 Å². The zero-order valence-electron chi connectivity index (χ0n) is 21.5. The molecule has 0 atom stereocenters. The molecular formula is C27H24F5N7O2. The number of likely N-dealkylation sites (tertiary alicyclic amines) is 1. The van der Waals surface area contributed by atoms with Gasteiger partial charge >= 0.3 is 6.18 Å². The van der Waals surface area contributed by atoms with Crippen molar-refractivity contribution < 1.29 is 31.5 Å². The van der Waals surface area contributed by atoms with Gasteiger partial charge in [-0.1, -0.05) is 6.42 Å². The molecule has 9 nitrogen and oxygen atoms in total. The van der Waals surface area contributed by atoms with Crippen molar-refractivity contribution >= 4 is 17.4 Å². The zero-order valence-corrected chi connectivity index (χ0v) is 21.5. The van der Waals surface area contributed by atoms with E-state index >= 15 is 4.39 Å². The lowest BCUT2D eigenvalue weighted by Crippen LogP contribution is -2.29. The van der Waals surface area contributed by atoms with Gasteiger partial charge in [-0.2, -0.15) is 18.3 Å². The Morgan fingerprint density at radius 1 is 1.00 bits per heavy atom. The van der Waals surface area contributed by atoms with E-state index in [1.54, 1.807) is 6.07 Å². The van der Waals surface area contributed by atoms with Gasteiger partial charge in [-0.15, -0.1) is 0 Å². The molecule has 214 valence electrons. The van der Waals surface area contributed by atoms with Crippen LogP contribution in [0.4, 0.5) is 33.5 Å². The number of benzene rings is 1. The molecule has 0 unspecified atom stereocenters. The lowest BCUT2D eigenvalue weighted by Gasteiger charge is -2.27. The van der Waals surface area contributed by atoms with Gasteiger partial charge in [-0.3, -0.25) is 9.69 Å². The number of carbonyl (C=O) groups is 1. The fraction of sp³-hybridized carbons (Fsp3) is 0.259. The molecule has 1 aliphatic heterocycles. The smallest absolute Gasteiger partial charge is 0.434 e. The molecule has 0 aliphatic carbocycles. The highest BCUT2D eigenvalue weighted by Crippen LogP contribution is 2.35. The summed E-state index contributed by atoms with van der Waals surface area (Å²) in [6.07, 6.45) is 1.34. The topological polar surface area (TPSA) is 111 Å². The number of rotatable bonds is 7. The highest BCUT2D eigenvalue weighted by Gasteiger charge is 2.41. The molecule has 41 heavy (non-hydrogen) atoms. The first-order valence-corrected chi connectivity index (χ1v) is 12.6. The Labute approximate surface area is 230 Å². The zero-order chi connectivity index (χ0) is 29.1. The third-order valence-corrected chi connectivity index (χ3v) is 6.51. The number of nitrogen functional groups attached to an aromatic ring is 1. The Morgan fingerprint density at radius 2 is 1.78 bits per heavy atom. The monoisotopic (exact) mass is 573 g/mol. The maximum absolute atomic E-state index is 15.0. The summed E-state index contributed by atoms with van der Waals surface area (Å²) >= 11 is 0. The Morgan fingerprint density at radius 3 is 2.49 bits per heavy atom. The third kappa shape index (κ3) is 6.11. The van der Waals surface area contributed by atoms with E-state index in [1.165, 1.54) is 24.4 Å². The number of nitrogens with one attached hydrogen (secondary N) is 1. The minimum Gasteiger partial charge on any atom is -0.454 e. The van der Waals surface area contributed by atoms with Crippen molar-refractivity contribution in [2.24, 2.45) is 0 Å². The number of hydrogen-bond donors (Lipinski definition) is 2. The highest BCUT2D eigenvalue weighted by atomic mass is 19.4. The van der Waals surface area contributed by atoms with Crippen molar-refractivity contribution in [1.82, 2.24) is 24.6 Å². The SMILES string of the molecule is Nc1nccc(Oc2ccc(NC(=O)c3cnn(-c4ncccc4F)c3C(F)(F)F)cc2F)c1CN1CCCCC1. The first kappa shape index (κ1) is 28.0. The molecule has 3 N–H and O–H groups in total. The summed E-state index contributed by atoms with van der Waals surface area (Å²) in [6, 6.07) is 7.06. The van der Waals surface area contributed by atoms with E-state index in [-0.39, 0.29) is 21.9 Å². The van der Waals surface area contributed by atoms with Gasteiger partial charge in [-0.05, 0) is 56.3 Å². The maximum Gasteiger partial charge on any atom is 0.434 e. The van der Waals surface area contributed by atoms with E-state index in [0.29, 0.717) is 24.1 Å². The molecule has 1 amide bonds. The molecule has 1 saturated heterocycles. The summed E-state index contributed by atoms with van der Waals surface area (Å²) in [5.41, 5.74) is 4.10. The molecule has 0 spiro atoms. The van der Waals surface area contributed by atoms with Crippen LogP contribution in [0.1, 0.15) is 40.9 Å². The van der Waals surface area contributed by atoms with E-state index in [2.05, 4.69) is 25.3 Å². The molecule has 4 heterocycles. The molecule has 5 rings (SSSR count). The number of ether oxygens (including phenoxy) is 1. The Balaban J connectivity index is 1.36. The van der Waals surface area contributed by atoms with E-state index in [9.17, 15) is 22.4 Å². The van der Waals surface area contributed by atoms with Crippen LogP contribution in [0, 0.1) is 11.6 Å². The van der Waals surface area contributed by atoms with Crippen LogP contribution in [0.25, 0.3) is 5.82 Å². The predicted molar refractivity (Wildman–Crippen MR) is 139 cm³/mol. The Hall–Kier alpha value is -4.59. The van der Waals surface area contributed by atoms with Gasteiger partial charge in [0.25, 0.3) is 5.91 Å². The fourth-order valence-electron chi connectivity index (χ4n) is 4.55. The van der Waals surface area contributed by atoms with E-state index in [1.807, 2.05) is 0 Å². The van der Waals surface area contributed by atoms with E-state index < -0.39 is 40.8 Å². The minimum atomic E-state index is -5.09. The molecule has 4 aromatic rings. The Bertz CT molecular complexity index is 1570. The first-order chi connectivity index (χ1) is 19.6. The first-order valence-electron chi connectivity index (χ1n) is 12.6. The van der Waals surface area contributed by atoms with Crippen LogP contribution in [-0.2, 0) is 12.7 Å². The molecule has 14 heteroatoms. The van der Waals surface area contributed by atoms with Crippen molar-refractivity contribution in [3.63, 3.8) is 0 Å². The molecular weight excluding hydrogens is 549 g/mol. The second-order valence-electron chi connectivity index (χ2n) is 9.34. The number of halogens is 5. The lowest BCUT2D eigenvalue weighted by atomic mass is 10.1. The average Bonchev–Trinajstić information content (AvgIpc) is 3.39. The van der Waals surface area contributed by atoms with Crippen molar-refractivity contribution in [2.45, 2.75) is 32.0 Å². The van der Waals surface area contributed by atoms with Crippen molar-refractivity contribution in [3.05, 3.63) is 83.4 Å². The average molecular weight is 574 g/mol. The second kappa shape index (κ2) is 11.5. The van der Waals surface area contributed by atoms with Crippen molar-refractivity contribution in [1.29, 1.82) is 0 Å².